The van der Waals surface area contributed by atoms with Gasteiger partial charge in [0.1, 0.15) is 22.3 Å². The van der Waals surface area contributed by atoms with Crippen molar-refractivity contribution in [3.63, 3.8) is 0 Å². The second kappa shape index (κ2) is 4.80. The van der Waals surface area contributed by atoms with E-state index in [1.165, 1.54) is 13.0 Å². The van der Waals surface area contributed by atoms with Gasteiger partial charge in [-0.1, -0.05) is 0 Å². The van der Waals surface area contributed by atoms with Crippen molar-refractivity contribution < 1.29 is 9.90 Å². The Hall–Kier alpha value is -3.42. The van der Waals surface area contributed by atoms with Crippen LogP contribution in [0.25, 0.3) is 28.3 Å². The Morgan fingerprint density at radius 2 is 1.96 bits per heavy atom. The van der Waals surface area contributed by atoms with E-state index in [2.05, 4.69) is 9.97 Å². The minimum absolute atomic E-state index is 0.0256. The number of benzene rings is 2. The molecule has 3 aromatic rings. The van der Waals surface area contributed by atoms with E-state index < -0.39 is 16.8 Å². The number of phenols is 1. The zero-order valence-electron chi connectivity index (χ0n) is 12.0. The van der Waals surface area contributed by atoms with E-state index >= 15 is 0 Å². The van der Waals surface area contributed by atoms with E-state index in [-0.39, 0.29) is 44.2 Å². The third-order valence-electron chi connectivity index (χ3n) is 3.72. The van der Waals surface area contributed by atoms with Crippen LogP contribution in [0.15, 0.2) is 21.7 Å². The fourth-order valence-electron chi connectivity index (χ4n) is 2.49. The summed E-state index contributed by atoms with van der Waals surface area (Å²) < 4.78 is 0. The van der Waals surface area contributed by atoms with Crippen molar-refractivity contribution in [3.05, 3.63) is 48.9 Å². The first kappa shape index (κ1) is 14.5. The number of carbonyl (C=O) groups is 1. The monoisotopic (exact) mass is 312 g/mol. The van der Waals surface area contributed by atoms with Crippen molar-refractivity contribution in [2.75, 3.05) is 0 Å². The lowest BCUT2D eigenvalue weighted by Crippen LogP contribution is -2.22. The minimum Gasteiger partial charge on any atom is -0.507 e. The highest BCUT2D eigenvalue weighted by Gasteiger charge is 2.17. The predicted molar refractivity (Wildman–Crippen MR) is 84.9 cm³/mol. The normalized spacial score (nSPS) is 12.1. The molecule has 0 radical (unpaired) electrons. The second-order valence-electron chi connectivity index (χ2n) is 5.04. The number of primary amides is 1. The number of nitrogens with two attached hydrogens (primary N) is 2. The van der Waals surface area contributed by atoms with Gasteiger partial charge in [0.05, 0.1) is 16.3 Å². The van der Waals surface area contributed by atoms with Crippen molar-refractivity contribution >= 4 is 34.2 Å². The van der Waals surface area contributed by atoms with Crippen LogP contribution in [0.5, 0.6) is 5.75 Å². The standard InChI is InChI=1S/C15H12N4O4/c1-5-13(21)7(4-16)10-12(14(5)22)19-9-6(15(17)23)2-3-8(20)11(9)18-10/h2-4,19,21H,16H2,1H3,(H2,17,23). The van der Waals surface area contributed by atoms with Gasteiger partial charge in [-0.05, 0) is 19.1 Å². The molecule has 1 amide bonds. The molecule has 0 atom stereocenters. The quantitative estimate of drug-likeness (QED) is 0.421. The SMILES string of the molecule is Cc1c(O)c(=CN)c2nc3c(=O)ccc(C(N)=O)c3[nH]c2c1=O. The number of fused-ring (bicyclic) bond motifs is 2. The molecule has 6 N–H and O–H groups in total. The molecule has 0 aliphatic carbocycles. The largest absolute Gasteiger partial charge is 0.507 e. The average Bonchev–Trinajstić information content (AvgIpc) is 2.52. The van der Waals surface area contributed by atoms with Gasteiger partial charge in [-0.3, -0.25) is 14.4 Å². The van der Waals surface area contributed by atoms with Crippen LogP contribution in [-0.2, 0) is 0 Å². The molecule has 1 aromatic heterocycles. The summed E-state index contributed by atoms with van der Waals surface area (Å²) in [6.45, 7) is 1.43. The van der Waals surface area contributed by atoms with Crippen LogP contribution in [-0.4, -0.2) is 21.0 Å². The van der Waals surface area contributed by atoms with Crippen molar-refractivity contribution in [2.24, 2.45) is 11.5 Å². The van der Waals surface area contributed by atoms with Crippen LogP contribution >= 0.6 is 0 Å². The maximum absolute atomic E-state index is 12.3. The van der Waals surface area contributed by atoms with Crippen molar-refractivity contribution in [1.82, 2.24) is 9.97 Å². The molecule has 8 nitrogen and oxygen atoms in total. The lowest BCUT2D eigenvalue weighted by atomic mass is 10.1. The Balaban J connectivity index is 2.72. The van der Waals surface area contributed by atoms with E-state index in [4.69, 9.17) is 11.5 Å². The molecule has 0 fully saturated rings. The average molecular weight is 312 g/mol. The zero-order chi connectivity index (χ0) is 16.9. The molecule has 0 bridgehead atoms. The number of aromatic hydroxyl groups is 1. The fourth-order valence-corrected chi connectivity index (χ4v) is 2.49. The maximum atomic E-state index is 12.3. The first-order chi connectivity index (χ1) is 10.9. The highest BCUT2D eigenvalue weighted by Crippen LogP contribution is 2.16. The van der Waals surface area contributed by atoms with Gasteiger partial charge in [0, 0.05) is 11.8 Å². The maximum Gasteiger partial charge on any atom is 0.250 e. The van der Waals surface area contributed by atoms with E-state index in [1.807, 2.05) is 0 Å². The van der Waals surface area contributed by atoms with Crippen LogP contribution in [0, 0.1) is 6.92 Å². The Morgan fingerprint density at radius 3 is 2.57 bits per heavy atom. The van der Waals surface area contributed by atoms with Crippen LogP contribution in [0.3, 0.4) is 0 Å². The molecule has 0 saturated carbocycles. The summed E-state index contributed by atoms with van der Waals surface area (Å²) in [6, 6.07) is 2.43. The number of phenolic OH excluding ortho intramolecular Hbond substituents is 1. The van der Waals surface area contributed by atoms with Crippen molar-refractivity contribution in [3.8, 4) is 5.75 Å². The molecule has 1 heterocycles. The number of carbonyl (C=O) groups excluding carboxylic acids is 1. The first-order valence-corrected chi connectivity index (χ1v) is 6.60. The number of aromatic amines is 1. The molecule has 0 spiro atoms. The van der Waals surface area contributed by atoms with E-state index in [0.717, 1.165) is 12.3 Å². The molecule has 23 heavy (non-hydrogen) atoms. The van der Waals surface area contributed by atoms with Gasteiger partial charge in [-0.2, -0.15) is 0 Å². The van der Waals surface area contributed by atoms with E-state index in [9.17, 15) is 19.5 Å². The summed E-state index contributed by atoms with van der Waals surface area (Å²) in [5.41, 5.74) is 10.0. The lowest BCUT2D eigenvalue weighted by molar-refractivity contribution is 0.100. The smallest absolute Gasteiger partial charge is 0.250 e. The number of H-pyrrole nitrogens is 1. The minimum atomic E-state index is -0.763. The number of hydrogen-bond acceptors (Lipinski definition) is 6. The zero-order valence-corrected chi connectivity index (χ0v) is 12.0. The van der Waals surface area contributed by atoms with Gasteiger partial charge in [-0.25, -0.2) is 4.98 Å². The summed E-state index contributed by atoms with van der Waals surface area (Å²) in [5.74, 6) is -1.07. The van der Waals surface area contributed by atoms with Crippen LogP contribution in [0.2, 0.25) is 0 Å². The fraction of sp³-hybridized carbons (Fsp3) is 0.0667. The first-order valence-electron chi connectivity index (χ1n) is 6.60. The summed E-state index contributed by atoms with van der Waals surface area (Å²) >= 11 is 0. The molecule has 3 rings (SSSR count). The van der Waals surface area contributed by atoms with Gasteiger partial charge in [0.25, 0.3) is 5.91 Å². The number of aromatic nitrogens is 2. The van der Waals surface area contributed by atoms with Gasteiger partial charge < -0.3 is 21.6 Å². The molecule has 116 valence electrons. The Kier molecular flexibility index (Phi) is 3.03. The lowest BCUT2D eigenvalue weighted by Gasteiger charge is -2.07. The number of hydrogen-bond donors (Lipinski definition) is 4. The molecule has 8 heteroatoms. The van der Waals surface area contributed by atoms with Gasteiger partial charge in [-0.15, -0.1) is 0 Å². The summed E-state index contributed by atoms with van der Waals surface area (Å²) in [7, 11) is 0. The van der Waals surface area contributed by atoms with E-state index in [0.29, 0.717) is 0 Å². The van der Waals surface area contributed by atoms with Gasteiger partial charge >= 0.3 is 0 Å². The number of nitrogens with one attached hydrogen (secondary N) is 1. The van der Waals surface area contributed by atoms with Gasteiger partial charge in [0.2, 0.25) is 10.9 Å². The highest BCUT2D eigenvalue weighted by atomic mass is 16.3. The molecule has 0 saturated heterocycles. The molecule has 0 aliphatic rings. The predicted octanol–water partition coefficient (Wildman–Crippen LogP) is -1.03. The molecule has 2 aromatic carbocycles. The Bertz CT molecular complexity index is 1160. The topological polar surface area (TPSA) is 152 Å². The third-order valence-corrected chi connectivity index (χ3v) is 3.72. The van der Waals surface area contributed by atoms with Crippen LogP contribution in [0.1, 0.15) is 15.9 Å². The van der Waals surface area contributed by atoms with Crippen molar-refractivity contribution in [2.45, 2.75) is 6.92 Å². The molecular formula is C15H12N4O4. The Morgan fingerprint density at radius 1 is 1.26 bits per heavy atom. The number of rotatable bonds is 1. The van der Waals surface area contributed by atoms with Crippen molar-refractivity contribution in [1.29, 1.82) is 0 Å². The molecular weight excluding hydrogens is 300 g/mol. The Labute approximate surface area is 128 Å². The van der Waals surface area contributed by atoms with Crippen LogP contribution in [0.4, 0.5) is 0 Å². The van der Waals surface area contributed by atoms with Crippen LogP contribution < -0.4 is 27.5 Å². The number of amides is 1. The number of nitrogens with zero attached hydrogens (tertiary/aromatic N) is 1. The molecule has 0 aliphatic heterocycles. The third kappa shape index (κ3) is 1.92. The van der Waals surface area contributed by atoms with Gasteiger partial charge in [0.15, 0.2) is 0 Å². The highest BCUT2D eigenvalue weighted by molar-refractivity contribution is 6.05. The summed E-state index contributed by atoms with van der Waals surface area (Å²) in [5, 5.41) is 10.2. The molecule has 0 unspecified atom stereocenters. The summed E-state index contributed by atoms with van der Waals surface area (Å²) in [4.78, 5) is 42.8. The summed E-state index contributed by atoms with van der Waals surface area (Å²) in [6.07, 6.45) is 1.10. The van der Waals surface area contributed by atoms with E-state index in [1.54, 1.807) is 0 Å². The second-order valence-corrected chi connectivity index (χ2v) is 5.04.